The lowest BCUT2D eigenvalue weighted by Gasteiger charge is -2.40. The van der Waals surface area contributed by atoms with E-state index >= 15 is 0 Å². The average Bonchev–Trinajstić information content (AvgIpc) is 2.92. The van der Waals surface area contributed by atoms with Gasteiger partial charge >= 0.3 is 0 Å². The van der Waals surface area contributed by atoms with E-state index in [1.54, 1.807) is 0 Å². The molecule has 0 aromatic heterocycles. The van der Waals surface area contributed by atoms with E-state index in [1.807, 2.05) is 0 Å². The van der Waals surface area contributed by atoms with Crippen LogP contribution in [0.5, 0.6) is 0 Å². The van der Waals surface area contributed by atoms with Gasteiger partial charge in [-0.15, -0.1) is 0 Å². The summed E-state index contributed by atoms with van der Waals surface area (Å²) in [4.78, 5) is 17.5. The number of nitrogens with zero attached hydrogens (tertiary/aromatic N) is 1. The highest BCUT2D eigenvalue weighted by atomic mass is 19.2. The number of hydrogen-bond donors (Lipinski definition) is 0. The maximum atomic E-state index is 13.8. The summed E-state index contributed by atoms with van der Waals surface area (Å²) in [6.45, 7) is 5.54. The SMILES string of the molecule is CC(C)(C)[C@@H]1CC[C@@H]2[C@H](CC(=O)N2OCc2c(F)c(F)c(F)c(F)c2F)C1. The fourth-order valence-electron chi connectivity index (χ4n) is 4.14. The first-order valence-corrected chi connectivity index (χ1v) is 8.97. The number of benzene rings is 1. The van der Waals surface area contributed by atoms with Crippen molar-refractivity contribution in [1.29, 1.82) is 0 Å². The Kier molecular flexibility index (Phi) is 5.22. The van der Waals surface area contributed by atoms with Gasteiger partial charge in [-0.3, -0.25) is 9.63 Å². The largest absolute Gasteiger partial charge is 0.273 e. The zero-order chi connectivity index (χ0) is 20.1. The minimum Gasteiger partial charge on any atom is -0.273 e. The summed E-state index contributed by atoms with van der Waals surface area (Å²) in [7, 11) is 0. The Labute approximate surface area is 154 Å². The second-order valence-corrected chi connectivity index (χ2v) is 8.45. The molecule has 1 saturated carbocycles. The molecule has 3 nitrogen and oxygen atoms in total. The van der Waals surface area contributed by atoms with Crippen LogP contribution in [-0.2, 0) is 16.2 Å². The van der Waals surface area contributed by atoms with Crippen molar-refractivity contribution in [3.63, 3.8) is 0 Å². The van der Waals surface area contributed by atoms with Crippen molar-refractivity contribution in [2.75, 3.05) is 0 Å². The fraction of sp³-hybridized carbons (Fsp3) is 0.632. The lowest BCUT2D eigenvalue weighted by atomic mass is 9.68. The Morgan fingerprint density at radius 3 is 2.07 bits per heavy atom. The number of fused-ring (bicyclic) bond motifs is 1. The van der Waals surface area contributed by atoms with Gasteiger partial charge in [0, 0.05) is 6.42 Å². The molecular weight excluding hydrogens is 369 g/mol. The van der Waals surface area contributed by atoms with E-state index in [-0.39, 0.29) is 29.7 Å². The first-order chi connectivity index (χ1) is 12.5. The van der Waals surface area contributed by atoms with Crippen LogP contribution in [0.25, 0.3) is 0 Å². The van der Waals surface area contributed by atoms with Crippen LogP contribution in [0.15, 0.2) is 0 Å². The highest BCUT2D eigenvalue weighted by Crippen LogP contribution is 2.46. The summed E-state index contributed by atoms with van der Waals surface area (Å²) in [5.41, 5.74) is -0.969. The molecule has 2 fully saturated rings. The monoisotopic (exact) mass is 391 g/mol. The number of amides is 1. The second-order valence-electron chi connectivity index (χ2n) is 8.45. The third-order valence-corrected chi connectivity index (χ3v) is 5.80. The zero-order valence-electron chi connectivity index (χ0n) is 15.4. The summed E-state index contributed by atoms with van der Waals surface area (Å²) in [6.07, 6.45) is 2.65. The molecule has 3 rings (SSSR count). The van der Waals surface area contributed by atoms with Crippen LogP contribution in [0.2, 0.25) is 0 Å². The van der Waals surface area contributed by atoms with Crippen LogP contribution in [0, 0.1) is 46.3 Å². The minimum atomic E-state index is -2.22. The van der Waals surface area contributed by atoms with E-state index in [1.165, 1.54) is 0 Å². The normalized spacial score (nSPS) is 25.9. The van der Waals surface area contributed by atoms with Crippen molar-refractivity contribution in [3.8, 4) is 0 Å². The van der Waals surface area contributed by atoms with Gasteiger partial charge in [0.15, 0.2) is 23.3 Å². The minimum absolute atomic E-state index is 0.0619. The van der Waals surface area contributed by atoms with E-state index in [2.05, 4.69) is 20.8 Å². The number of carbonyl (C=O) groups excluding carboxylic acids is 1. The summed E-state index contributed by atoms with van der Waals surface area (Å²) >= 11 is 0. The number of hydrogen-bond acceptors (Lipinski definition) is 2. The molecule has 0 unspecified atom stereocenters. The standard InChI is InChI=1S/C19H22F5NO2/c1-19(2,3)10-4-5-12-9(6-10)7-13(26)25(12)27-8-11-14(20)16(22)18(24)17(23)15(11)21/h9-10,12H,4-8H2,1-3H3/t9-,10+,12+/m0/s1. The summed E-state index contributed by atoms with van der Waals surface area (Å²) in [6, 6.07) is -0.239. The molecule has 0 spiro atoms. The molecule has 3 atom stereocenters. The van der Waals surface area contributed by atoms with Crippen molar-refractivity contribution < 1.29 is 31.6 Å². The van der Waals surface area contributed by atoms with Crippen molar-refractivity contribution >= 4 is 5.91 Å². The molecule has 1 aromatic rings. The molecule has 1 heterocycles. The van der Waals surface area contributed by atoms with Crippen LogP contribution in [0.1, 0.15) is 52.0 Å². The average molecular weight is 391 g/mol. The number of halogens is 5. The van der Waals surface area contributed by atoms with E-state index in [0.29, 0.717) is 12.3 Å². The molecule has 27 heavy (non-hydrogen) atoms. The lowest BCUT2D eigenvalue weighted by molar-refractivity contribution is -0.200. The van der Waals surface area contributed by atoms with Gasteiger partial charge in [-0.25, -0.2) is 27.0 Å². The molecule has 1 amide bonds. The lowest BCUT2D eigenvalue weighted by Crippen LogP contribution is -2.40. The van der Waals surface area contributed by atoms with Crippen molar-refractivity contribution in [2.45, 2.75) is 59.1 Å². The van der Waals surface area contributed by atoms with Gasteiger partial charge in [0.2, 0.25) is 11.7 Å². The Morgan fingerprint density at radius 1 is 0.963 bits per heavy atom. The third kappa shape index (κ3) is 3.56. The summed E-state index contributed by atoms with van der Waals surface area (Å²) < 4.78 is 67.3. The molecule has 0 N–H and O–H groups in total. The van der Waals surface area contributed by atoms with Gasteiger partial charge in [0.25, 0.3) is 0 Å². The van der Waals surface area contributed by atoms with E-state index in [4.69, 9.17) is 4.84 Å². The first kappa shape index (κ1) is 20.0. The highest BCUT2D eigenvalue weighted by molar-refractivity contribution is 5.78. The van der Waals surface area contributed by atoms with E-state index < -0.39 is 41.3 Å². The van der Waals surface area contributed by atoms with Crippen LogP contribution >= 0.6 is 0 Å². The van der Waals surface area contributed by atoms with Gasteiger partial charge in [0.05, 0.1) is 11.6 Å². The second kappa shape index (κ2) is 7.04. The molecule has 1 saturated heterocycles. The topological polar surface area (TPSA) is 29.5 Å². The van der Waals surface area contributed by atoms with E-state index in [0.717, 1.165) is 17.9 Å². The predicted molar refractivity (Wildman–Crippen MR) is 86.6 cm³/mol. The number of carbonyl (C=O) groups is 1. The number of rotatable bonds is 3. The zero-order valence-corrected chi connectivity index (χ0v) is 15.4. The molecule has 8 heteroatoms. The van der Waals surface area contributed by atoms with Gasteiger partial charge in [-0.2, -0.15) is 0 Å². The van der Waals surface area contributed by atoms with Gasteiger partial charge in [0.1, 0.15) is 6.61 Å². The smallest absolute Gasteiger partial charge is 0.246 e. The van der Waals surface area contributed by atoms with Crippen LogP contribution in [0.3, 0.4) is 0 Å². The molecular formula is C19H22F5NO2. The van der Waals surface area contributed by atoms with E-state index in [9.17, 15) is 26.7 Å². The van der Waals surface area contributed by atoms with Gasteiger partial charge < -0.3 is 0 Å². The van der Waals surface area contributed by atoms with Crippen molar-refractivity contribution in [3.05, 3.63) is 34.6 Å². The Bertz CT molecular complexity index is 732. The van der Waals surface area contributed by atoms with Crippen LogP contribution < -0.4 is 0 Å². The predicted octanol–water partition coefficient (Wildman–Crippen LogP) is 4.88. The molecule has 150 valence electrons. The van der Waals surface area contributed by atoms with Gasteiger partial charge in [-0.05, 0) is 36.5 Å². The Morgan fingerprint density at radius 2 is 1.52 bits per heavy atom. The van der Waals surface area contributed by atoms with Crippen molar-refractivity contribution in [2.24, 2.45) is 17.3 Å². The number of hydroxylamine groups is 2. The highest BCUT2D eigenvalue weighted by Gasteiger charge is 2.46. The van der Waals surface area contributed by atoms with Crippen LogP contribution in [0.4, 0.5) is 22.0 Å². The maximum Gasteiger partial charge on any atom is 0.246 e. The molecule has 1 aliphatic heterocycles. The molecule has 1 aromatic carbocycles. The van der Waals surface area contributed by atoms with Crippen LogP contribution in [-0.4, -0.2) is 17.0 Å². The Balaban J connectivity index is 1.74. The fourth-order valence-corrected chi connectivity index (χ4v) is 4.14. The third-order valence-electron chi connectivity index (χ3n) is 5.80. The Hall–Kier alpha value is -1.70. The molecule has 0 radical (unpaired) electrons. The van der Waals surface area contributed by atoms with Gasteiger partial charge in [-0.1, -0.05) is 20.8 Å². The molecule has 2 aliphatic rings. The van der Waals surface area contributed by atoms with Crippen molar-refractivity contribution in [1.82, 2.24) is 5.06 Å². The quantitative estimate of drug-likeness (QED) is 0.418. The summed E-state index contributed by atoms with van der Waals surface area (Å²) in [5, 5.41) is 1.07. The maximum absolute atomic E-state index is 13.8. The molecule has 0 bridgehead atoms. The molecule has 1 aliphatic carbocycles. The first-order valence-electron chi connectivity index (χ1n) is 8.97. The summed E-state index contributed by atoms with van der Waals surface area (Å²) in [5.74, 6) is -9.96.